The van der Waals surface area contributed by atoms with Crippen LogP contribution in [0.15, 0.2) is 17.6 Å². The first kappa shape index (κ1) is 21.2. The van der Waals surface area contributed by atoms with Crippen LogP contribution in [0.1, 0.15) is 38.5 Å². The summed E-state index contributed by atoms with van der Waals surface area (Å²) in [5, 5.41) is 6.33. The van der Waals surface area contributed by atoms with Crippen molar-refractivity contribution in [2.45, 2.75) is 38.5 Å². The average Bonchev–Trinajstić information content (AvgIpc) is 2.41. The lowest BCUT2D eigenvalue weighted by atomic mass is 9.85. The van der Waals surface area contributed by atoms with Gasteiger partial charge in [0, 0.05) is 39.6 Å². The van der Waals surface area contributed by atoms with Crippen molar-refractivity contribution in [3.63, 3.8) is 0 Å². The topological polar surface area (TPSA) is 56.7 Å². The molecule has 0 aliphatic heterocycles. The van der Waals surface area contributed by atoms with Gasteiger partial charge >= 0.3 is 0 Å². The monoisotopic (exact) mass is 422 g/mol. The van der Waals surface area contributed by atoms with Crippen LogP contribution < -0.4 is 10.6 Å². The van der Waals surface area contributed by atoms with Crippen LogP contribution in [0.5, 0.6) is 0 Å². The van der Waals surface area contributed by atoms with Crippen molar-refractivity contribution in [3.05, 3.63) is 12.7 Å². The molecule has 0 saturated heterocycles. The van der Waals surface area contributed by atoms with Crippen LogP contribution in [0.25, 0.3) is 0 Å². The summed E-state index contributed by atoms with van der Waals surface area (Å²) in [6, 6.07) is 0. The Morgan fingerprint density at radius 3 is 2.55 bits per heavy atom. The van der Waals surface area contributed by atoms with Crippen LogP contribution in [-0.2, 0) is 4.79 Å². The van der Waals surface area contributed by atoms with Crippen molar-refractivity contribution in [3.8, 4) is 0 Å². The lowest BCUT2D eigenvalue weighted by molar-refractivity contribution is -0.127. The van der Waals surface area contributed by atoms with Gasteiger partial charge in [-0.25, -0.2) is 0 Å². The number of nitrogens with one attached hydrogen (secondary N) is 2. The maximum Gasteiger partial charge on any atom is 0.223 e. The molecule has 0 unspecified atom stereocenters. The summed E-state index contributed by atoms with van der Waals surface area (Å²) in [6.07, 6.45) is 8.28. The first-order valence-electron chi connectivity index (χ1n) is 7.99. The smallest absolute Gasteiger partial charge is 0.223 e. The molecule has 1 amide bonds. The minimum atomic E-state index is 0. The lowest BCUT2D eigenvalue weighted by Crippen LogP contribution is -2.41. The number of carbonyl (C=O) groups excluding carboxylic acids is 1. The van der Waals surface area contributed by atoms with E-state index in [9.17, 15) is 4.79 Å². The molecule has 0 aromatic heterocycles. The maximum absolute atomic E-state index is 11.7. The van der Waals surface area contributed by atoms with Gasteiger partial charge in [0.2, 0.25) is 5.91 Å². The number of unbranched alkanes of at least 4 members (excludes halogenated alkanes) is 1. The maximum atomic E-state index is 11.7. The lowest BCUT2D eigenvalue weighted by Gasteiger charge is -2.24. The first-order valence-corrected chi connectivity index (χ1v) is 7.99. The van der Waals surface area contributed by atoms with Gasteiger partial charge in [0.15, 0.2) is 5.96 Å². The number of nitrogens with zero attached hydrogens (tertiary/aromatic N) is 2. The highest BCUT2D eigenvalue weighted by atomic mass is 127. The minimum absolute atomic E-state index is 0. The number of guanidine groups is 1. The van der Waals surface area contributed by atoms with E-state index in [1.165, 1.54) is 6.42 Å². The zero-order chi connectivity index (χ0) is 15.5. The highest BCUT2D eigenvalue weighted by Crippen LogP contribution is 2.25. The molecule has 0 aromatic carbocycles. The SMILES string of the molecule is C=CCCCN(C)C(=NC)NCCCNC(=O)C1CCC1.I. The van der Waals surface area contributed by atoms with Crippen molar-refractivity contribution in [1.29, 1.82) is 0 Å². The molecule has 2 N–H and O–H groups in total. The minimum Gasteiger partial charge on any atom is -0.356 e. The summed E-state index contributed by atoms with van der Waals surface area (Å²) >= 11 is 0. The summed E-state index contributed by atoms with van der Waals surface area (Å²) in [5.41, 5.74) is 0. The molecule has 6 heteroatoms. The van der Waals surface area contributed by atoms with Gasteiger partial charge < -0.3 is 15.5 Å². The summed E-state index contributed by atoms with van der Waals surface area (Å²) in [4.78, 5) is 18.1. The van der Waals surface area contributed by atoms with E-state index in [2.05, 4.69) is 27.1 Å². The Morgan fingerprint density at radius 2 is 2.00 bits per heavy atom. The molecule has 1 fully saturated rings. The fourth-order valence-electron chi connectivity index (χ4n) is 2.28. The second-order valence-electron chi connectivity index (χ2n) is 5.60. The van der Waals surface area contributed by atoms with E-state index in [1.54, 1.807) is 7.05 Å². The van der Waals surface area contributed by atoms with Crippen molar-refractivity contribution in [1.82, 2.24) is 15.5 Å². The third kappa shape index (κ3) is 8.00. The summed E-state index contributed by atoms with van der Waals surface area (Å²) in [6.45, 7) is 6.25. The fourth-order valence-corrected chi connectivity index (χ4v) is 2.28. The van der Waals surface area contributed by atoms with E-state index in [-0.39, 0.29) is 35.8 Å². The predicted octanol–water partition coefficient (Wildman–Crippen LogP) is 2.38. The van der Waals surface area contributed by atoms with Crippen LogP contribution in [0, 0.1) is 5.92 Å². The molecule has 5 nitrogen and oxygen atoms in total. The molecule has 1 aliphatic carbocycles. The van der Waals surface area contributed by atoms with Gasteiger partial charge in [0.05, 0.1) is 0 Å². The molecule has 1 rings (SSSR count). The number of carbonyl (C=O) groups is 1. The number of halogens is 1. The summed E-state index contributed by atoms with van der Waals surface area (Å²) in [5.74, 6) is 1.42. The Balaban J connectivity index is 0.00000441. The van der Waals surface area contributed by atoms with Gasteiger partial charge in [-0.2, -0.15) is 0 Å². The van der Waals surface area contributed by atoms with Crippen LogP contribution >= 0.6 is 24.0 Å². The van der Waals surface area contributed by atoms with E-state index < -0.39 is 0 Å². The highest BCUT2D eigenvalue weighted by molar-refractivity contribution is 14.0. The van der Waals surface area contributed by atoms with Crippen LogP contribution in [-0.4, -0.2) is 50.5 Å². The number of aliphatic imine (C=N–C) groups is 1. The first-order chi connectivity index (χ1) is 10.2. The van der Waals surface area contributed by atoms with Gasteiger partial charge in [0.25, 0.3) is 0 Å². The Labute approximate surface area is 152 Å². The largest absolute Gasteiger partial charge is 0.356 e. The third-order valence-electron chi connectivity index (χ3n) is 3.89. The van der Waals surface area contributed by atoms with E-state index in [0.717, 1.165) is 57.7 Å². The van der Waals surface area contributed by atoms with Crippen molar-refractivity contribution in [2.75, 3.05) is 33.7 Å². The molecule has 128 valence electrons. The number of hydrogen-bond donors (Lipinski definition) is 2. The van der Waals surface area contributed by atoms with Gasteiger partial charge in [-0.1, -0.05) is 12.5 Å². The Bertz CT molecular complexity index is 356. The number of allylic oxidation sites excluding steroid dienone is 1. The highest BCUT2D eigenvalue weighted by Gasteiger charge is 2.24. The third-order valence-corrected chi connectivity index (χ3v) is 3.89. The summed E-state index contributed by atoms with van der Waals surface area (Å²) in [7, 11) is 3.83. The summed E-state index contributed by atoms with van der Waals surface area (Å²) < 4.78 is 0. The molecule has 0 bridgehead atoms. The molecule has 0 spiro atoms. The second kappa shape index (κ2) is 12.7. The van der Waals surface area contributed by atoms with E-state index in [0.29, 0.717) is 0 Å². The molecule has 1 saturated carbocycles. The predicted molar refractivity (Wildman–Crippen MR) is 104 cm³/mol. The molecule has 1 aliphatic rings. The number of amides is 1. The molecule has 0 atom stereocenters. The van der Waals surface area contributed by atoms with E-state index in [4.69, 9.17) is 0 Å². The molecule has 0 radical (unpaired) electrons. The standard InChI is InChI=1S/C16H30N4O.HI/c1-4-5-6-13-20(3)16(17-2)19-12-8-11-18-15(21)14-9-7-10-14;/h4,14H,1,5-13H2,2-3H3,(H,17,19)(H,18,21);1H. The van der Waals surface area contributed by atoms with Gasteiger partial charge in [-0.15, -0.1) is 30.6 Å². The average molecular weight is 422 g/mol. The Kier molecular flexibility index (Phi) is 12.3. The van der Waals surface area contributed by atoms with Gasteiger partial charge in [-0.3, -0.25) is 9.79 Å². The van der Waals surface area contributed by atoms with Crippen molar-refractivity contribution < 1.29 is 4.79 Å². The molecule has 0 heterocycles. The number of rotatable bonds is 9. The Morgan fingerprint density at radius 1 is 1.32 bits per heavy atom. The van der Waals surface area contributed by atoms with Crippen LogP contribution in [0.3, 0.4) is 0 Å². The normalized spacial score (nSPS) is 14.5. The van der Waals surface area contributed by atoms with Crippen molar-refractivity contribution in [2.24, 2.45) is 10.9 Å². The molecule has 0 aromatic rings. The quantitative estimate of drug-likeness (QED) is 0.197. The molecule has 22 heavy (non-hydrogen) atoms. The zero-order valence-electron chi connectivity index (χ0n) is 13.9. The Hall–Kier alpha value is -0.790. The van der Waals surface area contributed by atoms with E-state index >= 15 is 0 Å². The van der Waals surface area contributed by atoms with Crippen LogP contribution in [0.4, 0.5) is 0 Å². The molecular weight excluding hydrogens is 391 g/mol. The second-order valence-corrected chi connectivity index (χ2v) is 5.60. The fraction of sp³-hybridized carbons (Fsp3) is 0.750. The van der Waals surface area contributed by atoms with Gasteiger partial charge in [-0.05, 0) is 32.1 Å². The van der Waals surface area contributed by atoms with E-state index in [1.807, 2.05) is 13.1 Å². The van der Waals surface area contributed by atoms with Gasteiger partial charge in [0.1, 0.15) is 0 Å². The van der Waals surface area contributed by atoms with Crippen molar-refractivity contribution >= 4 is 35.8 Å². The molecular formula is C16H31IN4O. The zero-order valence-corrected chi connectivity index (χ0v) is 16.3. The number of hydrogen-bond acceptors (Lipinski definition) is 2. The van der Waals surface area contributed by atoms with Crippen LogP contribution in [0.2, 0.25) is 0 Å².